The fourth-order valence-corrected chi connectivity index (χ4v) is 4.33. The first-order valence-corrected chi connectivity index (χ1v) is 12.2. The van der Waals surface area contributed by atoms with Gasteiger partial charge in [-0.1, -0.05) is 47.8 Å². The second-order valence-corrected chi connectivity index (χ2v) is 9.16. The van der Waals surface area contributed by atoms with Gasteiger partial charge < -0.3 is 19.8 Å². The number of nitrogens with one attached hydrogen (secondary N) is 2. The third-order valence-electron chi connectivity index (χ3n) is 4.68. The summed E-state index contributed by atoms with van der Waals surface area (Å²) in [5.41, 5.74) is 3.44. The quantitative estimate of drug-likeness (QED) is 0.341. The van der Waals surface area contributed by atoms with Crippen molar-refractivity contribution in [3.63, 3.8) is 0 Å². The Morgan fingerprint density at radius 1 is 0.706 bits per heavy atom. The topological polar surface area (TPSA) is 120 Å². The van der Waals surface area contributed by atoms with Crippen LogP contribution in [0.25, 0.3) is 11.1 Å². The highest BCUT2D eigenvalue weighted by Gasteiger charge is 2.09. The Morgan fingerprint density at radius 3 is 1.41 bits per heavy atom. The molecule has 0 bridgehead atoms. The van der Waals surface area contributed by atoms with Crippen molar-refractivity contribution in [3.8, 4) is 11.1 Å². The first kappa shape index (κ1) is 23.5. The van der Waals surface area contributed by atoms with Gasteiger partial charge in [0.1, 0.15) is 12.7 Å². The zero-order valence-electron chi connectivity index (χ0n) is 18.5. The molecule has 0 aliphatic rings. The summed E-state index contributed by atoms with van der Waals surface area (Å²) >= 11 is 2.66. The van der Waals surface area contributed by atoms with E-state index in [0.717, 1.165) is 22.5 Å². The number of nitrogens with zero attached hydrogens (tertiary/aromatic N) is 6. The summed E-state index contributed by atoms with van der Waals surface area (Å²) in [4.78, 5) is 24.4. The number of anilines is 2. The van der Waals surface area contributed by atoms with Crippen molar-refractivity contribution in [2.45, 2.75) is 10.3 Å². The molecule has 0 unspecified atom stereocenters. The van der Waals surface area contributed by atoms with Crippen LogP contribution in [0.2, 0.25) is 0 Å². The molecule has 2 heterocycles. The lowest BCUT2D eigenvalue weighted by Gasteiger charge is -2.08. The van der Waals surface area contributed by atoms with E-state index in [4.69, 9.17) is 0 Å². The Kier molecular flexibility index (Phi) is 7.60. The monoisotopic (exact) mass is 494 g/mol. The van der Waals surface area contributed by atoms with E-state index in [9.17, 15) is 9.59 Å². The van der Waals surface area contributed by atoms with Crippen LogP contribution in [0.15, 0.2) is 71.5 Å². The molecule has 0 atom stereocenters. The number of amides is 2. The molecule has 2 aromatic heterocycles. The molecule has 0 aliphatic carbocycles. The third-order valence-corrected chi connectivity index (χ3v) is 6.74. The van der Waals surface area contributed by atoms with E-state index in [2.05, 4.69) is 31.0 Å². The van der Waals surface area contributed by atoms with Crippen molar-refractivity contribution in [3.05, 3.63) is 61.2 Å². The number of aryl methyl sites for hydroxylation is 2. The molecule has 2 aromatic carbocycles. The SMILES string of the molecule is Cn1cnnc1SCC(=O)Nc1ccc(-c2ccc(NC(=O)CSc3nncn3C)cc2)cc1. The summed E-state index contributed by atoms with van der Waals surface area (Å²) in [5.74, 6) is 0.272. The molecular weight excluding hydrogens is 472 g/mol. The molecule has 0 saturated heterocycles. The van der Waals surface area contributed by atoms with E-state index < -0.39 is 0 Å². The van der Waals surface area contributed by atoms with Gasteiger partial charge in [0.2, 0.25) is 11.8 Å². The van der Waals surface area contributed by atoms with Gasteiger partial charge in [-0.05, 0) is 35.4 Å². The van der Waals surface area contributed by atoms with Crippen LogP contribution < -0.4 is 10.6 Å². The maximum atomic E-state index is 12.2. The van der Waals surface area contributed by atoms with E-state index >= 15 is 0 Å². The number of thioether (sulfide) groups is 2. The first-order chi connectivity index (χ1) is 16.5. The maximum absolute atomic E-state index is 12.2. The number of aromatic nitrogens is 6. The van der Waals surface area contributed by atoms with Gasteiger partial charge in [0.25, 0.3) is 0 Å². The molecule has 174 valence electrons. The Balaban J connectivity index is 1.27. The molecular formula is C22H22N8O2S2. The van der Waals surface area contributed by atoms with Gasteiger partial charge >= 0.3 is 0 Å². The second kappa shape index (κ2) is 11.0. The van der Waals surface area contributed by atoms with Crippen LogP contribution in [-0.2, 0) is 23.7 Å². The number of rotatable bonds is 9. The van der Waals surface area contributed by atoms with Crippen LogP contribution in [0.5, 0.6) is 0 Å². The van der Waals surface area contributed by atoms with Gasteiger partial charge in [-0.2, -0.15) is 0 Å². The minimum absolute atomic E-state index is 0.113. The van der Waals surface area contributed by atoms with Gasteiger partial charge in [-0.25, -0.2) is 0 Å². The smallest absolute Gasteiger partial charge is 0.234 e. The Bertz CT molecular complexity index is 1170. The number of carbonyl (C=O) groups excluding carboxylic acids is 2. The normalized spacial score (nSPS) is 10.8. The highest BCUT2D eigenvalue weighted by Crippen LogP contribution is 2.24. The summed E-state index contributed by atoms with van der Waals surface area (Å²) in [5, 5.41) is 22.6. The molecule has 0 aliphatic heterocycles. The second-order valence-electron chi connectivity index (χ2n) is 7.28. The van der Waals surface area contributed by atoms with Gasteiger partial charge in [0.05, 0.1) is 11.5 Å². The van der Waals surface area contributed by atoms with Crippen molar-refractivity contribution in [2.24, 2.45) is 14.1 Å². The average Bonchev–Trinajstić information content (AvgIpc) is 3.44. The molecule has 0 spiro atoms. The molecule has 2 N–H and O–H groups in total. The maximum Gasteiger partial charge on any atom is 0.234 e. The molecule has 2 amide bonds. The number of carbonyl (C=O) groups is 2. The van der Waals surface area contributed by atoms with Crippen LogP contribution in [0.4, 0.5) is 11.4 Å². The molecule has 0 saturated carbocycles. The lowest BCUT2D eigenvalue weighted by molar-refractivity contribution is -0.114. The average molecular weight is 495 g/mol. The summed E-state index contributed by atoms with van der Waals surface area (Å²) in [6.07, 6.45) is 3.19. The van der Waals surface area contributed by atoms with Crippen LogP contribution >= 0.6 is 23.5 Å². The number of hydrogen-bond donors (Lipinski definition) is 2. The molecule has 4 aromatic rings. The van der Waals surface area contributed by atoms with Crippen LogP contribution in [0.1, 0.15) is 0 Å². The van der Waals surface area contributed by atoms with Gasteiger partial charge in [0, 0.05) is 25.5 Å². The summed E-state index contributed by atoms with van der Waals surface area (Å²) in [7, 11) is 3.67. The molecule has 0 fully saturated rings. The van der Waals surface area contributed by atoms with Crippen LogP contribution in [0, 0.1) is 0 Å². The zero-order valence-corrected chi connectivity index (χ0v) is 20.1. The minimum Gasteiger partial charge on any atom is -0.325 e. The lowest BCUT2D eigenvalue weighted by atomic mass is 10.0. The minimum atomic E-state index is -0.113. The van der Waals surface area contributed by atoms with Crippen molar-refractivity contribution >= 4 is 46.7 Å². The van der Waals surface area contributed by atoms with Crippen LogP contribution in [-0.4, -0.2) is 52.8 Å². The Labute approximate surface area is 204 Å². The van der Waals surface area contributed by atoms with Crippen LogP contribution in [0.3, 0.4) is 0 Å². The standard InChI is InChI=1S/C22H22N8O2S2/c1-29-13-23-27-21(29)33-11-19(31)25-17-7-3-15(4-8-17)16-5-9-18(10-6-16)26-20(32)12-34-22-28-24-14-30(22)2/h3-10,13-14H,11-12H2,1-2H3,(H,25,31)(H,26,32). The van der Waals surface area contributed by atoms with Crippen molar-refractivity contribution < 1.29 is 9.59 Å². The fraction of sp³-hybridized carbons (Fsp3) is 0.182. The Morgan fingerprint density at radius 2 is 1.09 bits per heavy atom. The largest absolute Gasteiger partial charge is 0.325 e. The molecule has 0 radical (unpaired) electrons. The van der Waals surface area contributed by atoms with E-state index in [1.54, 1.807) is 21.8 Å². The predicted octanol–water partition coefficient (Wildman–Crippen LogP) is 3.07. The first-order valence-electron chi connectivity index (χ1n) is 10.2. The molecule has 4 rings (SSSR count). The zero-order chi connectivity index (χ0) is 23.9. The van der Waals surface area contributed by atoms with Gasteiger partial charge in [-0.15, -0.1) is 20.4 Å². The number of benzene rings is 2. The Hall–Kier alpha value is -3.64. The summed E-state index contributed by atoms with van der Waals surface area (Å²) < 4.78 is 3.53. The fourth-order valence-electron chi connectivity index (χ4n) is 2.95. The van der Waals surface area contributed by atoms with Crippen molar-refractivity contribution in [1.82, 2.24) is 29.5 Å². The van der Waals surface area contributed by atoms with Gasteiger partial charge in [-0.3, -0.25) is 9.59 Å². The van der Waals surface area contributed by atoms with E-state index in [-0.39, 0.29) is 23.3 Å². The van der Waals surface area contributed by atoms with E-state index in [1.165, 1.54) is 23.5 Å². The summed E-state index contributed by atoms with van der Waals surface area (Å²) in [6.45, 7) is 0. The molecule has 12 heteroatoms. The van der Waals surface area contributed by atoms with E-state index in [0.29, 0.717) is 10.3 Å². The molecule has 10 nitrogen and oxygen atoms in total. The van der Waals surface area contributed by atoms with Crippen molar-refractivity contribution in [1.29, 1.82) is 0 Å². The highest BCUT2D eigenvalue weighted by molar-refractivity contribution is 8.00. The predicted molar refractivity (Wildman–Crippen MR) is 133 cm³/mol. The lowest BCUT2D eigenvalue weighted by Crippen LogP contribution is -2.14. The molecule has 34 heavy (non-hydrogen) atoms. The van der Waals surface area contributed by atoms with E-state index in [1.807, 2.05) is 62.6 Å². The van der Waals surface area contributed by atoms with Gasteiger partial charge in [0.15, 0.2) is 10.3 Å². The summed E-state index contributed by atoms with van der Waals surface area (Å²) in [6, 6.07) is 15.2. The third kappa shape index (κ3) is 6.23. The van der Waals surface area contributed by atoms with Crippen molar-refractivity contribution in [2.75, 3.05) is 22.1 Å². The highest BCUT2D eigenvalue weighted by atomic mass is 32.2. The number of hydrogen-bond acceptors (Lipinski definition) is 8.